The summed E-state index contributed by atoms with van der Waals surface area (Å²) in [6.45, 7) is 8.61. The summed E-state index contributed by atoms with van der Waals surface area (Å²) in [5, 5.41) is 6.28. The minimum absolute atomic E-state index is 0.275. The van der Waals surface area contributed by atoms with E-state index in [1.54, 1.807) is 30.3 Å². The Balaban J connectivity index is 2.41. The van der Waals surface area contributed by atoms with E-state index in [1.165, 1.54) is 0 Å². The molecule has 0 unspecified atom stereocenters. The molecule has 0 bridgehead atoms. The molecule has 1 aromatic carbocycles. The molecule has 1 rings (SSSR count). The quantitative estimate of drug-likeness (QED) is 0.362. The maximum atomic E-state index is 12.1. The van der Waals surface area contributed by atoms with Crippen molar-refractivity contribution >= 4 is 16.0 Å². The molecule has 0 aliphatic rings. The van der Waals surface area contributed by atoms with Crippen LogP contribution in [-0.2, 0) is 10.0 Å². The molecule has 1 aromatic rings. The molecule has 23 heavy (non-hydrogen) atoms. The van der Waals surface area contributed by atoms with Crippen LogP contribution < -0.4 is 15.4 Å². The number of sulfonamides is 1. The van der Waals surface area contributed by atoms with E-state index in [-0.39, 0.29) is 4.90 Å². The van der Waals surface area contributed by atoms with Crippen LogP contribution in [0.15, 0.2) is 40.2 Å². The lowest BCUT2D eigenvalue weighted by Crippen LogP contribution is -2.41. The van der Waals surface area contributed by atoms with E-state index in [9.17, 15) is 8.42 Å². The van der Waals surface area contributed by atoms with Gasteiger partial charge in [-0.05, 0) is 31.4 Å². The zero-order valence-electron chi connectivity index (χ0n) is 14.2. The lowest BCUT2D eigenvalue weighted by molar-refractivity contribution is 0.579. The number of hydrogen-bond acceptors (Lipinski definition) is 3. The van der Waals surface area contributed by atoms with Crippen LogP contribution in [0.3, 0.4) is 0 Å². The molecule has 0 atom stereocenters. The monoisotopic (exact) mass is 340 g/mol. The Labute approximate surface area is 139 Å². The second-order valence-corrected chi connectivity index (χ2v) is 7.35. The third-order valence-corrected chi connectivity index (χ3v) is 4.56. The van der Waals surface area contributed by atoms with Crippen LogP contribution in [0.2, 0.25) is 0 Å². The van der Waals surface area contributed by atoms with E-state index < -0.39 is 10.0 Å². The normalized spacial score (nSPS) is 12.4. The lowest BCUT2D eigenvalue weighted by Gasteiger charge is -2.12. The highest BCUT2D eigenvalue weighted by atomic mass is 32.2. The van der Waals surface area contributed by atoms with Gasteiger partial charge in [0.15, 0.2) is 5.96 Å². The Morgan fingerprint density at radius 1 is 1.13 bits per heavy atom. The molecule has 0 aromatic heterocycles. The van der Waals surface area contributed by atoms with Crippen LogP contribution in [-0.4, -0.2) is 40.6 Å². The Morgan fingerprint density at radius 2 is 1.83 bits per heavy atom. The first-order valence-corrected chi connectivity index (χ1v) is 9.51. The lowest BCUT2D eigenvalue weighted by atomic mass is 10.1. The summed E-state index contributed by atoms with van der Waals surface area (Å²) in [6, 6.07) is 8.35. The van der Waals surface area contributed by atoms with Gasteiger partial charge in [-0.2, -0.15) is 0 Å². The molecule has 0 aliphatic heterocycles. The second kappa shape index (κ2) is 10.2. The largest absolute Gasteiger partial charge is 0.357 e. The Hall–Kier alpha value is -1.60. The maximum absolute atomic E-state index is 12.1. The maximum Gasteiger partial charge on any atom is 0.240 e. The number of nitrogens with zero attached hydrogens (tertiary/aromatic N) is 1. The zero-order valence-corrected chi connectivity index (χ0v) is 15.0. The highest BCUT2D eigenvalue weighted by Gasteiger charge is 2.11. The van der Waals surface area contributed by atoms with Crippen molar-refractivity contribution in [3.63, 3.8) is 0 Å². The van der Waals surface area contributed by atoms with Crippen molar-refractivity contribution in [3.8, 4) is 0 Å². The third kappa shape index (κ3) is 7.99. The van der Waals surface area contributed by atoms with Crippen molar-refractivity contribution in [2.24, 2.45) is 10.9 Å². The van der Waals surface area contributed by atoms with E-state index in [2.05, 4.69) is 34.2 Å². The molecular weight excluding hydrogens is 312 g/mol. The molecule has 130 valence electrons. The molecule has 0 spiro atoms. The van der Waals surface area contributed by atoms with Crippen molar-refractivity contribution in [1.82, 2.24) is 15.4 Å². The fourth-order valence-corrected chi connectivity index (χ4v) is 2.88. The van der Waals surface area contributed by atoms with Crippen LogP contribution in [0.4, 0.5) is 0 Å². The van der Waals surface area contributed by atoms with Gasteiger partial charge >= 0.3 is 0 Å². The molecule has 0 amide bonds. The number of benzene rings is 1. The number of hydrogen-bond donors (Lipinski definition) is 3. The number of rotatable bonds is 9. The summed E-state index contributed by atoms with van der Waals surface area (Å²) in [5.41, 5.74) is 0. The summed E-state index contributed by atoms with van der Waals surface area (Å²) < 4.78 is 26.7. The standard InChI is InChI=1S/C16H28N4O2S/c1-4-17-16(18-11-10-14(2)3)19-12-13-20-23(21,22)15-8-6-5-7-9-15/h5-9,14,20H,4,10-13H2,1-3H3,(H2,17,18,19). The van der Waals surface area contributed by atoms with Crippen molar-refractivity contribution < 1.29 is 8.42 Å². The van der Waals surface area contributed by atoms with E-state index in [4.69, 9.17) is 0 Å². The van der Waals surface area contributed by atoms with Crippen molar-refractivity contribution in [1.29, 1.82) is 0 Å². The third-order valence-electron chi connectivity index (χ3n) is 3.08. The number of nitrogens with one attached hydrogen (secondary N) is 3. The summed E-state index contributed by atoms with van der Waals surface area (Å²) in [6.07, 6.45) is 1.03. The van der Waals surface area contributed by atoms with Crippen LogP contribution >= 0.6 is 0 Å². The first-order chi connectivity index (χ1) is 11.0. The van der Waals surface area contributed by atoms with Crippen LogP contribution in [0.1, 0.15) is 27.2 Å². The van der Waals surface area contributed by atoms with Crippen molar-refractivity contribution in [2.75, 3.05) is 26.2 Å². The van der Waals surface area contributed by atoms with Gasteiger partial charge in [0.2, 0.25) is 10.0 Å². The van der Waals surface area contributed by atoms with Gasteiger partial charge in [0, 0.05) is 26.2 Å². The molecule has 0 saturated carbocycles. The predicted molar refractivity (Wildman–Crippen MR) is 95.1 cm³/mol. The molecular formula is C16H28N4O2S. The minimum Gasteiger partial charge on any atom is -0.357 e. The Morgan fingerprint density at radius 3 is 2.43 bits per heavy atom. The van der Waals surface area contributed by atoms with Crippen molar-refractivity contribution in [2.45, 2.75) is 32.1 Å². The minimum atomic E-state index is -3.45. The number of guanidine groups is 1. The first kappa shape index (κ1) is 19.4. The fourth-order valence-electron chi connectivity index (χ4n) is 1.83. The average molecular weight is 340 g/mol. The van der Waals surface area contributed by atoms with Gasteiger partial charge in [0.25, 0.3) is 0 Å². The topological polar surface area (TPSA) is 82.6 Å². The Kier molecular flexibility index (Phi) is 8.65. The van der Waals surface area contributed by atoms with Gasteiger partial charge in [0.05, 0.1) is 4.90 Å². The fraction of sp³-hybridized carbons (Fsp3) is 0.562. The van der Waals surface area contributed by atoms with Crippen molar-refractivity contribution in [3.05, 3.63) is 30.3 Å². The van der Waals surface area contributed by atoms with Gasteiger partial charge in [-0.15, -0.1) is 0 Å². The molecule has 0 aliphatic carbocycles. The molecule has 0 fully saturated rings. The SMILES string of the molecule is CCNC(=NCCC(C)C)NCCNS(=O)(=O)c1ccccc1. The molecule has 6 nitrogen and oxygen atoms in total. The first-order valence-electron chi connectivity index (χ1n) is 8.02. The zero-order chi connectivity index (χ0) is 17.1. The van der Waals surface area contributed by atoms with E-state index >= 15 is 0 Å². The molecule has 7 heteroatoms. The number of aliphatic imine (C=N–C) groups is 1. The Bertz CT molecular complexity index is 571. The average Bonchev–Trinajstić information content (AvgIpc) is 2.52. The summed E-state index contributed by atoms with van der Waals surface area (Å²) in [4.78, 5) is 4.74. The smallest absolute Gasteiger partial charge is 0.240 e. The van der Waals surface area contributed by atoms with Gasteiger partial charge in [0.1, 0.15) is 0 Å². The van der Waals surface area contributed by atoms with Gasteiger partial charge in [-0.1, -0.05) is 32.0 Å². The van der Waals surface area contributed by atoms with Gasteiger partial charge < -0.3 is 10.6 Å². The summed E-state index contributed by atoms with van der Waals surface area (Å²) in [7, 11) is -3.45. The van der Waals surface area contributed by atoms with Crippen LogP contribution in [0.5, 0.6) is 0 Å². The predicted octanol–water partition coefficient (Wildman–Crippen LogP) is 1.57. The van der Waals surface area contributed by atoms with Crippen LogP contribution in [0, 0.1) is 5.92 Å². The molecule has 0 radical (unpaired) electrons. The van der Waals surface area contributed by atoms with E-state index in [0.29, 0.717) is 25.0 Å². The van der Waals surface area contributed by atoms with Crippen LogP contribution in [0.25, 0.3) is 0 Å². The van der Waals surface area contributed by atoms with Gasteiger partial charge in [-0.3, -0.25) is 4.99 Å². The molecule has 0 heterocycles. The molecule has 0 saturated heterocycles. The van der Waals surface area contributed by atoms with E-state index in [0.717, 1.165) is 19.5 Å². The second-order valence-electron chi connectivity index (χ2n) is 5.58. The highest BCUT2D eigenvalue weighted by Crippen LogP contribution is 2.06. The highest BCUT2D eigenvalue weighted by molar-refractivity contribution is 7.89. The van der Waals surface area contributed by atoms with Gasteiger partial charge in [-0.25, -0.2) is 13.1 Å². The van der Waals surface area contributed by atoms with E-state index in [1.807, 2.05) is 6.92 Å². The summed E-state index contributed by atoms with van der Waals surface area (Å²) >= 11 is 0. The summed E-state index contributed by atoms with van der Waals surface area (Å²) in [5.74, 6) is 1.33. The molecule has 3 N–H and O–H groups in total.